The molecule has 0 saturated heterocycles. The summed E-state index contributed by atoms with van der Waals surface area (Å²) in [6.45, 7) is 14.9. The minimum Gasteiger partial charge on any atom is -0.378 e. The normalized spacial score (nSPS) is 14.8. The van der Waals surface area contributed by atoms with Gasteiger partial charge in [0.1, 0.15) is 5.78 Å². The first-order valence-electron chi connectivity index (χ1n) is 6.31. The molecule has 0 unspecified atom stereocenters. The van der Waals surface area contributed by atoms with E-state index in [2.05, 4.69) is 0 Å². The van der Waals surface area contributed by atoms with Crippen LogP contribution in [0.15, 0.2) is 0 Å². The number of rotatable bonds is 6. The van der Waals surface area contributed by atoms with Gasteiger partial charge in [-0.3, -0.25) is 4.79 Å². The minimum absolute atomic E-state index is 0.0553. The van der Waals surface area contributed by atoms with Gasteiger partial charge in [0.2, 0.25) is 0 Å². The molecule has 0 aliphatic rings. The summed E-state index contributed by atoms with van der Waals surface area (Å²) in [6.07, 6.45) is 0.533. The smallest absolute Gasteiger partial charge is 0.140 e. The Hall–Kier alpha value is -0.410. The molecule has 0 aromatic carbocycles. The number of ether oxygens (including phenoxy) is 2. The first-order chi connectivity index (χ1) is 7.52. The number of hydrogen-bond donors (Lipinski definition) is 0. The molecular weight excluding hydrogens is 216 g/mol. The third-order valence-corrected chi connectivity index (χ3v) is 2.22. The molecular formula is C14H28O3. The number of ketones is 1. The van der Waals surface area contributed by atoms with Crippen molar-refractivity contribution in [3.63, 3.8) is 0 Å². The van der Waals surface area contributed by atoms with Crippen LogP contribution in [-0.4, -0.2) is 30.7 Å². The Kier molecular flexibility index (Phi) is 6.35. The zero-order chi connectivity index (χ0) is 13.7. The maximum atomic E-state index is 11.6. The average Bonchev–Trinajstić information content (AvgIpc) is 2.07. The highest BCUT2D eigenvalue weighted by molar-refractivity contribution is 5.83. The van der Waals surface area contributed by atoms with E-state index in [4.69, 9.17) is 9.47 Å². The fourth-order valence-electron chi connectivity index (χ4n) is 1.43. The third kappa shape index (κ3) is 9.31. The second-order valence-electron chi connectivity index (χ2n) is 6.54. The van der Waals surface area contributed by atoms with Gasteiger partial charge in [-0.1, -0.05) is 20.8 Å². The Labute approximate surface area is 106 Å². The zero-order valence-electron chi connectivity index (χ0n) is 12.4. The lowest BCUT2D eigenvalue weighted by Gasteiger charge is -2.25. The average molecular weight is 244 g/mol. The molecule has 0 fully saturated rings. The highest BCUT2D eigenvalue weighted by Gasteiger charge is 2.20. The molecule has 3 nitrogen and oxygen atoms in total. The lowest BCUT2D eigenvalue weighted by atomic mass is 9.89. The molecule has 0 aromatic rings. The van der Waals surface area contributed by atoms with Crippen molar-refractivity contribution in [3.05, 3.63) is 0 Å². The fourth-order valence-corrected chi connectivity index (χ4v) is 1.43. The lowest BCUT2D eigenvalue weighted by Crippen LogP contribution is -2.29. The Morgan fingerprint density at radius 1 is 1.12 bits per heavy atom. The van der Waals surface area contributed by atoms with E-state index in [-0.39, 0.29) is 22.9 Å². The van der Waals surface area contributed by atoms with Crippen LogP contribution in [0.5, 0.6) is 0 Å². The van der Waals surface area contributed by atoms with Crippen LogP contribution in [0, 0.1) is 5.41 Å². The van der Waals surface area contributed by atoms with E-state index in [1.165, 1.54) is 0 Å². The van der Waals surface area contributed by atoms with Gasteiger partial charge in [-0.25, -0.2) is 0 Å². The molecule has 0 saturated carbocycles. The Balaban J connectivity index is 3.69. The molecule has 0 rings (SSSR count). The highest BCUT2D eigenvalue weighted by Crippen LogP contribution is 2.16. The van der Waals surface area contributed by atoms with Crippen molar-refractivity contribution in [2.24, 2.45) is 5.41 Å². The van der Waals surface area contributed by atoms with Crippen LogP contribution in [-0.2, 0) is 14.3 Å². The van der Waals surface area contributed by atoms with E-state index >= 15 is 0 Å². The Morgan fingerprint density at radius 2 is 1.65 bits per heavy atom. The van der Waals surface area contributed by atoms with E-state index in [0.717, 1.165) is 0 Å². The van der Waals surface area contributed by atoms with Crippen LogP contribution >= 0.6 is 0 Å². The van der Waals surface area contributed by atoms with Crippen LogP contribution in [0.3, 0.4) is 0 Å². The van der Waals surface area contributed by atoms with Crippen molar-refractivity contribution in [2.45, 2.75) is 66.6 Å². The van der Waals surface area contributed by atoms with E-state index < -0.39 is 0 Å². The highest BCUT2D eigenvalue weighted by atomic mass is 16.5. The Morgan fingerprint density at radius 3 is 2.06 bits per heavy atom. The lowest BCUT2D eigenvalue weighted by molar-refractivity contribution is -0.128. The van der Waals surface area contributed by atoms with Gasteiger partial charge in [0.25, 0.3) is 0 Å². The van der Waals surface area contributed by atoms with Gasteiger partial charge in [0, 0.05) is 11.8 Å². The van der Waals surface area contributed by atoms with Crippen molar-refractivity contribution in [1.82, 2.24) is 0 Å². The molecule has 0 bridgehead atoms. The summed E-state index contributed by atoms with van der Waals surface area (Å²) in [5.74, 6) is 0.238. The number of carbonyl (C=O) groups is 1. The standard InChI is InChI=1S/C14H28O3/c1-11(17-14(5,6)7)10-16-9-8-12(15)13(2,3)4/h11H,8-10H2,1-7H3/t11-/m0/s1. The second-order valence-corrected chi connectivity index (χ2v) is 6.54. The summed E-state index contributed by atoms with van der Waals surface area (Å²) in [4.78, 5) is 11.6. The first-order valence-corrected chi connectivity index (χ1v) is 6.31. The molecule has 0 radical (unpaired) electrons. The molecule has 17 heavy (non-hydrogen) atoms. The number of Topliss-reactive ketones (excluding diaryl/α,β-unsaturated/α-hetero) is 1. The molecule has 102 valence electrons. The van der Waals surface area contributed by atoms with Crippen LogP contribution in [0.2, 0.25) is 0 Å². The zero-order valence-corrected chi connectivity index (χ0v) is 12.4. The first kappa shape index (κ1) is 16.6. The quantitative estimate of drug-likeness (QED) is 0.673. The summed E-state index contributed by atoms with van der Waals surface area (Å²) in [6, 6.07) is 0. The van der Waals surface area contributed by atoms with Gasteiger partial charge in [-0.2, -0.15) is 0 Å². The largest absolute Gasteiger partial charge is 0.378 e. The molecule has 0 aliphatic heterocycles. The van der Waals surface area contributed by atoms with Gasteiger partial charge in [0.15, 0.2) is 0 Å². The number of carbonyl (C=O) groups excluding carboxylic acids is 1. The third-order valence-electron chi connectivity index (χ3n) is 2.22. The molecule has 0 amide bonds. The Bertz CT molecular complexity index is 233. The maximum absolute atomic E-state index is 11.6. The summed E-state index contributed by atoms with van der Waals surface area (Å²) in [5, 5.41) is 0. The summed E-state index contributed by atoms with van der Waals surface area (Å²) in [5.41, 5.74) is -0.416. The molecule has 0 N–H and O–H groups in total. The molecule has 0 aliphatic carbocycles. The monoisotopic (exact) mass is 244 g/mol. The molecule has 1 atom stereocenters. The SMILES string of the molecule is C[C@@H](COCCC(=O)C(C)(C)C)OC(C)(C)C. The van der Waals surface area contributed by atoms with Gasteiger partial charge in [-0.15, -0.1) is 0 Å². The van der Waals surface area contributed by atoms with Crippen LogP contribution in [0.1, 0.15) is 54.9 Å². The van der Waals surface area contributed by atoms with Crippen LogP contribution < -0.4 is 0 Å². The molecule has 0 spiro atoms. The molecule has 0 heterocycles. The van der Waals surface area contributed by atoms with Gasteiger partial charge >= 0.3 is 0 Å². The van der Waals surface area contributed by atoms with Crippen molar-refractivity contribution in [3.8, 4) is 0 Å². The predicted molar refractivity (Wildman–Crippen MR) is 70.2 cm³/mol. The summed E-state index contributed by atoms with van der Waals surface area (Å²) in [7, 11) is 0. The summed E-state index contributed by atoms with van der Waals surface area (Å²) < 4.78 is 11.2. The fraction of sp³-hybridized carbons (Fsp3) is 0.929. The van der Waals surface area contributed by atoms with Crippen molar-refractivity contribution < 1.29 is 14.3 Å². The van der Waals surface area contributed by atoms with Crippen LogP contribution in [0.25, 0.3) is 0 Å². The molecule has 0 aromatic heterocycles. The maximum Gasteiger partial charge on any atom is 0.140 e. The second kappa shape index (κ2) is 6.50. The number of hydrogen-bond acceptors (Lipinski definition) is 3. The van der Waals surface area contributed by atoms with E-state index in [1.54, 1.807) is 0 Å². The van der Waals surface area contributed by atoms with Crippen LogP contribution in [0.4, 0.5) is 0 Å². The van der Waals surface area contributed by atoms with E-state index in [0.29, 0.717) is 19.6 Å². The van der Waals surface area contributed by atoms with Crippen molar-refractivity contribution in [1.29, 1.82) is 0 Å². The van der Waals surface area contributed by atoms with Crippen molar-refractivity contribution in [2.75, 3.05) is 13.2 Å². The minimum atomic E-state index is -0.267. The van der Waals surface area contributed by atoms with Gasteiger partial charge in [-0.05, 0) is 27.7 Å². The molecule has 3 heteroatoms. The predicted octanol–water partition coefficient (Wildman–Crippen LogP) is 3.21. The van der Waals surface area contributed by atoms with Gasteiger partial charge < -0.3 is 9.47 Å². The summed E-state index contributed by atoms with van der Waals surface area (Å²) >= 11 is 0. The van der Waals surface area contributed by atoms with E-state index in [9.17, 15) is 4.79 Å². The topological polar surface area (TPSA) is 35.5 Å². The van der Waals surface area contributed by atoms with Crippen molar-refractivity contribution >= 4 is 5.78 Å². The van der Waals surface area contributed by atoms with E-state index in [1.807, 2.05) is 48.5 Å². The van der Waals surface area contributed by atoms with Gasteiger partial charge in [0.05, 0.1) is 24.9 Å².